The number of likely N-dealkylation sites (tertiary alicyclic amines) is 1. The van der Waals surface area contributed by atoms with Crippen LogP contribution in [-0.4, -0.2) is 46.6 Å². The van der Waals surface area contributed by atoms with E-state index in [4.69, 9.17) is 4.74 Å². The first kappa shape index (κ1) is 22.1. The van der Waals surface area contributed by atoms with Crippen LogP contribution in [0.3, 0.4) is 0 Å². The van der Waals surface area contributed by atoms with Crippen molar-refractivity contribution >= 4 is 33.4 Å². The van der Waals surface area contributed by atoms with E-state index in [-0.39, 0.29) is 24.5 Å². The van der Waals surface area contributed by atoms with Gasteiger partial charge in [-0.05, 0) is 47.9 Å². The molecule has 2 N–H and O–H groups in total. The number of halogens is 1. The van der Waals surface area contributed by atoms with Crippen LogP contribution in [0.4, 0.5) is 0 Å². The van der Waals surface area contributed by atoms with E-state index in [2.05, 4.69) is 15.9 Å². The molecule has 2 aromatic carbocycles. The number of carbonyl (C=O) groups is 2. The highest BCUT2D eigenvalue weighted by Gasteiger charge is 2.45. The lowest BCUT2D eigenvalue weighted by Crippen LogP contribution is -2.32. The third-order valence-corrected chi connectivity index (χ3v) is 5.25. The molecule has 0 saturated carbocycles. The van der Waals surface area contributed by atoms with Gasteiger partial charge in [0, 0.05) is 16.6 Å². The molecule has 1 aliphatic rings. The molecular formula is C23H24BrNO5. The summed E-state index contributed by atoms with van der Waals surface area (Å²) in [6.45, 7) is 4.36. The van der Waals surface area contributed by atoms with Crippen molar-refractivity contribution in [3.63, 3.8) is 0 Å². The Kier molecular flexibility index (Phi) is 6.95. The van der Waals surface area contributed by atoms with Gasteiger partial charge in [0.1, 0.15) is 11.5 Å². The topological polar surface area (TPSA) is 87.1 Å². The quantitative estimate of drug-likeness (QED) is 0.361. The monoisotopic (exact) mass is 473 g/mol. The van der Waals surface area contributed by atoms with E-state index in [1.165, 1.54) is 4.90 Å². The molecule has 3 rings (SSSR count). The van der Waals surface area contributed by atoms with Gasteiger partial charge in [-0.25, -0.2) is 0 Å². The van der Waals surface area contributed by atoms with Gasteiger partial charge >= 0.3 is 0 Å². The predicted octanol–water partition coefficient (Wildman–Crippen LogP) is 3.90. The summed E-state index contributed by atoms with van der Waals surface area (Å²) < 4.78 is 6.44. The maximum absolute atomic E-state index is 12.8. The van der Waals surface area contributed by atoms with Crippen LogP contribution in [-0.2, 0) is 9.59 Å². The number of amides is 1. The first-order chi connectivity index (χ1) is 14.3. The molecule has 0 bridgehead atoms. The molecule has 0 unspecified atom stereocenters. The molecule has 0 aromatic heterocycles. The molecule has 1 amide bonds. The molecule has 1 aliphatic heterocycles. The van der Waals surface area contributed by atoms with Gasteiger partial charge in [0.2, 0.25) is 0 Å². The summed E-state index contributed by atoms with van der Waals surface area (Å²) in [7, 11) is 0. The zero-order valence-corrected chi connectivity index (χ0v) is 18.4. The number of hydrogen-bond acceptors (Lipinski definition) is 5. The minimum absolute atomic E-state index is 0.00222. The molecule has 2 aromatic rings. The van der Waals surface area contributed by atoms with Crippen LogP contribution < -0.4 is 4.74 Å². The van der Waals surface area contributed by atoms with Gasteiger partial charge in [0.05, 0.1) is 24.8 Å². The molecule has 30 heavy (non-hydrogen) atoms. The highest BCUT2D eigenvalue weighted by atomic mass is 79.9. The molecule has 6 nitrogen and oxygen atoms in total. The van der Waals surface area contributed by atoms with Gasteiger partial charge in [0.15, 0.2) is 0 Å². The predicted molar refractivity (Wildman–Crippen MR) is 117 cm³/mol. The van der Waals surface area contributed by atoms with Crippen LogP contribution in [0, 0.1) is 5.92 Å². The Labute approximate surface area is 183 Å². The molecular weight excluding hydrogens is 450 g/mol. The molecule has 0 radical (unpaired) electrons. The molecule has 1 saturated heterocycles. The van der Waals surface area contributed by atoms with E-state index < -0.39 is 17.7 Å². The second kappa shape index (κ2) is 9.45. The van der Waals surface area contributed by atoms with Crippen LogP contribution in [0.1, 0.15) is 31.0 Å². The summed E-state index contributed by atoms with van der Waals surface area (Å²) in [6, 6.07) is 13.2. The Balaban J connectivity index is 2.04. The highest BCUT2D eigenvalue weighted by Crippen LogP contribution is 2.39. The molecule has 1 atom stereocenters. The molecule has 158 valence electrons. The van der Waals surface area contributed by atoms with E-state index in [0.29, 0.717) is 29.4 Å². The van der Waals surface area contributed by atoms with Crippen molar-refractivity contribution in [1.29, 1.82) is 0 Å². The van der Waals surface area contributed by atoms with E-state index in [9.17, 15) is 19.8 Å². The van der Waals surface area contributed by atoms with E-state index in [0.717, 1.165) is 4.47 Å². The Morgan fingerprint density at radius 2 is 1.87 bits per heavy atom. The van der Waals surface area contributed by atoms with E-state index in [1.807, 2.05) is 19.9 Å². The number of nitrogens with zero attached hydrogens (tertiary/aromatic N) is 1. The van der Waals surface area contributed by atoms with Crippen LogP contribution >= 0.6 is 15.9 Å². The SMILES string of the molecule is CC(C)COc1ccc(C(O)=C2C(=O)C(=O)N(CCO)[C@@H]2c2cccc(Br)c2)cc1. The van der Waals surface area contributed by atoms with Gasteiger partial charge < -0.3 is 19.8 Å². The lowest BCUT2D eigenvalue weighted by molar-refractivity contribution is -0.140. The zero-order chi connectivity index (χ0) is 21.8. The fourth-order valence-electron chi connectivity index (χ4n) is 3.37. The van der Waals surface area contributed by atoms with Gasteiger partial charge in [-0.3, -0.25) is 9.59 Å². The lowest BCUT2D eigenvalue weighted by Gasteiger charge is -2.24. The largest absolute Gasteiger partial charge is 0.507 e. The molecule has 1 fully saturated rings. The van der Waals surface area contributed by atoms with E-state index in [1.54, 1.807) is 42.5 Å². The summed E-state index contributed by atoms with van der Waals surface area (Å²) in [4.78, 5) is 26.7. The fourth-order valence-corrected chi connectivity index (χ4v) is 3.79. The lowest BCUT2D eigenvalue weighted by atomic mass is 9.95. The summed E-state index contributed by atoms with van der Waals surface area (Å²) in [6.07, 6.45) is 0. The standard InChI is InChI=1S/C23H24BrNO5/c1-14(2)13-30-18-8-6-15(7-9-18)21(27)19-20(16-4-3-5-17(24)12-16)25(10-11-26)23(29)22(19)28/h3-9,12,14,20,26-27H,10-11,13H2,1-2H3/t20-/m1/s1. The number of ether oxygens (including phenoxy) is 1. The third kappa shape index (κ3) is 4.57. The molecule has 1 heterocycles. The van der Waals surface area contributed by atoms with Gasteiger partial charge in [-0.2, -0.15) is 0 Å². The Hall–Kier alpha value is -2.64. The van der Waals surface area contributed by atoms with Crippen molar-refractivity contribution in [3.8, 4) is 5.75 Å². The number of β-amino-alcohol motifs (C(OH)–C–C–N with tert-alkyl or cyclic N) is 1. The molecule has 0 aliphatic carbocycles. The Bertz CT molecular complexity index is 968. The number of ketones is 1. The van der Waals surface area contributed by atoms with Crippen LogP contribution in [0.25, 0.3) is 5.76 Å². The maximum Gasteiger partial charge on any atom is 0.295 e. The number of benzene rings is 2. The summed E-state index contributed by atoms with van der Waals surface area (Å²) >= 11 is 3.40. The maximum atomic E-state index is 12.8. The van der Waals surface area contributed by atoms with Crippen LogP contribution in [0.2, 0.25) is 0 Å². The third-order valence-electron chi connectivity index (χ3n) is 4.76. The van der Waals surface area contributed by atoms with Crippen molar-refractivity contribution in [2.75, 3.05) is 19.8 Å². The summed E-state index contributed by atoms with van der Waals surface area (Å²) in [5.41, 5.74) is 1.08. The van der Waals surface area contributed by atoms with Gasteiger partial charge in [-0.1, -0.05) is 41.9 Å². The number of aliphatic hydroxyl groups is 2. The van der Waals surface area contributed by atoms with Crippen LogP contribution in [0.5, 0.6) is 5.75 Å². The average Bonchev–Trinajstić information content (AvgIpc) is 2.97. The number of hydrogen-bond donors (Lipinski definition) is 2. The van der Waals surface area contributed by atoms with Gasteiger partial charge in [0.25, 0.3) is 11.7 Å². The molecule has 0 spiro atoms. The number of carbonyl (C=O) groups excluding carboxylic acids is 2. The fraction of sp³-hybridized carbons (Fsp3) is 0.304. The molecule has 7 heteroatoms. The second-order valence-corrected chi connectivity index (χ2v) is 8.42. The summed E-state index contributed by atoms with van der Waals surface area (Å²) in [5, 5.41) is 20.4. The van der Waals surface area contributed by atoms with Crippen molar-refractivity contribution in [1.82, 2.24) is 4.90 Å². The first-order valence-corrected chi connectivity index (χ1v) is 10.5. The average molecular weight is 474 g/mol. The van der Waals surface area contributed by atoms with E-state index >= 15 is 0 Å². The smallest absolute Gasteiger partial charge is 0.295 e. The van der Waals surface area contributed by atoms with Crippen molar-refractivity contribution in [3.05, 3.63) is 69.7 Å². The summed E-state index contributed by atoms with van der Waals surface area (Å²) in [5.74, 6) is -0.733. The Morgan fingerprint density at radius 1 is 1.17 bits per heavy atom. The Morgan fingerprint density at radius 3 is 2.47 bits per heavy atom. The van der Waals surface area contributed by atoms with Crippen molar-refractivity contribution in [2.45, 2.75) is 19.9 Å². The van der Waals surface area contributed by atoms with Crippen molar-refractivity contribution in [2.24, 2.45) is 5.92 Å². The second-order valence-electron chi connectivity index (χ2n) is 7.50. The number of aliphatic hydroxyl groups excluding tert-OH is 2. The van der Waals surface area contributed by atoms with Crippen molar-refractivity contribution < 1.29 is 24.5 Å². The zero-order valence-electron chi connectivity index (χ0n) is 16.8. The normalized spacial score (nSPS) is 18.3. The minimum atomic E-state index is -0.786. The van der Waals surface area contributed by atoms with Crippen LogP contribution in [0.15, 0.2) is 58.6 Å². The first-order valence-electron chi connectivity index (χ1n) is 9.71. The number of Topliss-reactive ketones (excluding diaryl/α,β-unsaturated/α-hetero) is 1. The minimum Gasteiger partial charge on any atom is -0.507 e. The van der Waals surface area contributed by atoms with Gasteiger partial charge in [-0.15, -0.1) is 0 Å². The number of rotatable bonds is 7. The highest BCUT2D eigenvalue weighted by molar-refractivity contribution is 9.10.